The molecule has 2 amide bonds. The molecule has 1 aliphatic carbocycles. The zero-order valence-corrected chi connectivity index (χ0v) is 19.6. The normalized spacial score (nSPS) is 20.6. The molecular formula is C24H28N2O6S. The number of hydrogen-bond acceptors (Lipinski definition) is 6. The third-order valence-corrected chi connectivity index (χ3v) is 7.86. The Bertz CT molecular complexity index is 1140. The Labute approximate surface area is 193 Å². The molecule has 2 fully saturated rings. The van der Waals surface area contributed by atoms with E-state index in [9.17, 15) is 18.0 Å². The lowest BCUT2D eigenvalue weighted by Crippen LogP contribution is -2.30. The van der Waals surface area contributed by atoms with Gasteiger partial charge in [-0.15, -0.1) is 0 Å². The smallest absolute Gasteiger partial charge is 0.244 e. The summed E-state index contributed by atoms with van der Waals surface area (Å²) in [5, 5.41) is 0. The fourth-order valence-corrected chi connectivity index (χ4v) is 5.92. The molecule has 2 aromatic carbocycles. The van der Waals surface area contributed by atoms with Crippen molar-refractivity contribution in [1.82, 2.24) is 9.62 Å². The average molecular weight is 473 g/mol. The molecule has 1 heterocycles. The van der Waals surface area contributed by atoms with Gasteiger partial charge in [-0.3, -0.25) is 14.5 Å². The number of imide groups is 1. The molecule has 0 aromatic heterocycles. The van der Waals surface area contributed by atoms with Crippen LogP contribution in [0.25, 0.3) is 0 Å². The Morgan fingerprint density at radius 2 is 1.58 bits per heavy atom. The number of nitrogens with zero attached hydrogens (tertiary/aromatic N) is 1. The zero-order valence-electron chi connectivity index (χ0n) is 18.7. The number of likely N-dealkylation sites (tertiary alicyclic amines) is 1. The number of ether oxygens (including phenoxy) is 2. The number of para-hydroxylation sites is 1. The molecule has 2 atom stereocenters. The molecule has 4 rings (SSSR count). The molecule has 1 aliphatic heterocycles. The number of carbonyl (C=O) groups excluding carboxylic acids is 2. The quantitative estimate of drug-likeness (QED) is 0.593. The molecule has 0 spiro atoms. The Kier molecular flexibility index (Phi) is 6.71. The summed E-state index contributed by atoms with van der Waals surface area (Å²) in [6.07, 6.45) is 3.38. The van der Waals surface area contributed by atoms with Crippen LogP contribution in [0.1, 0.15) is 36.8 Å². The number of sulfonamides is 1. The molecule has 33 heavy (non-hydrogen) atoms. The van der Waals surface area contributed by atoms with Gasteiger partial charge in [0.25, 0.3) is 0 Å². The van der Waals surface area contributed by atoms with Gasteiger partial charge in [-0.2, -0.15) is 0 Å². The van der Waals surface area contributed by atoms with Crippen LogP contribution in [0.5, 0.6) is 11.5 Å². The Hall–Kier alpha value is -2.91. The van der Waals surface area contributed by atoms with E-state index in [1.807, 2.05) is 0 Å². The van der Waals surface area contributed by atoms with Crippen LogP contribution in [0, 0.1) is 11.8 Å². The molecule has 2 aromatic rings. The van der Waals surface area contributed by atoms with Crippen LogP contribution in [0.15, 0.2) is 47.4 Å². The molecule has 9 heteroatoms. The fourth-order valence-electron chi connectivity index (χ4n) is 4.70. The number of methoxy groups -OCH3 is 2. The van der Waals surface area contributed by atoms with Crippen LogP contribution in [-0.4, -0.2) is 39.4 Å². The lowest BCUT2D eigenvalue weighted by molar-refractivity contribution is -0.140. The van der Waals surface area contributed by atoms with Gasteiger partial charge in [0.05, 0.1) is 32.6 Å². The maximum Gasteiger partial charge on any atom is 0.244 e. The molecule has 8 nitrogen and oxygen atoms in total. The van der Waals surface area contributed by atoms with Crippen molar-refractivity contribution in [3.8, 4) is 11.5 Å². The van der Waals surface area contributed by atoms with Gasteiger partial charge < -0.3 is 9.47 Å². The second-order valence-electron chi connectivity index (χ2n) is 8.38. The third-order valence-electron chi connectivity index (χ3n) is 6.44. The van der Waals surface area contributed by atoms with Crippen molar-refractivity contribution in [1.29, 1.82) is 0 Å². The maximum absolute atomic E-state index is 13.1. The molecule has 1 N–H and O–H groups in total. The molecule has 176 valence electrons. The molecule has 1 saturated heterocycles. The highest BCUT2D eigenvalue weighted by Gasteiger charge is 2.47. The number of nitrogens with one attached hydrogen (secondary N) is 1. The first-order valence-corrected chi connectivity index (χ1v) is 12.5. The minimum absolute atomic E-state index is 0.0339. The lowest BCUT2D eigenvalue weighted by atomic mass is 9.81. The molecule has 1 saturated carbocycles. The Morgan fingerprint density at radius 1 is 0.939 bits per heavy atom. The van der Waals surface area contributed by atoms with Crippen molar-refractivity contribution < 1.29 is 27.5 Å². The van der Waals surface area contributed by atoms with E-state index in [0.29, 0.717) is 16.9 Å². The van der Waals surface area contributed by atoms with E-state index in [0.717, 1.165) is 25.7 Å². The molecule has 0 unspecified atom stereocenters. The summed E-state index contributed by atoms with van der Waals surface area (Å²) in [5.74, 6) is -0.0312. The Balaban J connectivity index is 1.56. The first kappa shape index (κ1) is 23.3. The first-order valence-electron chi connectivity index (χ1n) is 11.0. The van der Waals surface area contributed by atoms with Crippen molar-refractivity contribution in [3.63, 3.8) is 0 Å². The van der Waals surface area contributed by atoms with E-state index in [2.05, 4.69) is 4.72 Å². The molecule has 0 radical (unpaired) electrons. The summed E-state index contributed by atoms with van der Waals surface area (Å²) < 4.78 is 39.4. The van der Waals surface area contributed by atoms with Crippen molar-refractivity contribution in [2.75, 3.05) is 14.2 Å². The van der Waals surface area contributed by atoms with Gasteiger partial charge in [0.1, 0.15) is 16.4 Å². The van der Waals surface area contributed by atoms with E-state index < -0.39 is 10.0 Å². The van der Waals surface area contributed by atoms with Crippen molar-refractivity contribution in [2.45, 2.75) is 43.7 Å². The van der Waals surface area contributed by atoms with Gasteiger partial charge in [-0.25, -0.2) is 13.1 Å². The molecular weight excluding hydrogens is 444 g/mol. The summed E-state index contributed by atoms with van der Waals surface area (Å²) in [6.45, 7) is 0.0792. The van der Waals surface area contributed by atoms with Gasteiger partial charge in [-0.05, 0) is 36.6 Å². The average Bonchev–Trinajstić information content (AvgIpc) is 3.08. The number of benzene rings is 2. The number of amides is 2. The highest BCUT2D eigenvalue weighted by Crippen LogP contribution is 2.39. The predicted octanol–water partition coefficient (Wildman–Crippen LogP) is 2.86. The minimum atomic E-state index is -3.95. The Morgan fingerprint density at radius 3 is 2.21 bits per heavy atom. The monoisotopic (exact) mass is 472 g/mol. The third kappa shape index (κ3) is 4.60. The largest absolute Gasteiger partial charge is 0.496 e. The van der Waals surface area contributed by atoms with Crippen LogP contribution in [0.2, 0.25) is 0 Å². The fraction of sp³-hybridized carbons (Fsp3) is 0.417. The van der Waals surface area contributed by atoms with Crippen LogP contribution in [0.3, 0.4) is 0 Å². The number of carbonyl (C=O) groups is 2. The zero-order chi connectivity index (χ0) is 23.6. The number of fused-ring (bicyclic) bond motifs is 1. The highest BCUT2D eigenvalue weighted by molar-refractivity contribution is 7.89. The summed E-state index contributed by atoms with van der Waals surface area (Å²) in [6, 6.07) is 11.8. The number of rotatable bonds is 8. The van der Waals surface area contributed by atoms with Gasteiger partial charge in [0.2, 0.25) is 21.8 Å². The summed E-state index contributed by atoms with van der Waals surface area (Å²) in [4.78, 5) is 26.9. The van der Waals surface area contributed by atoms with Gasteiger partial charge in [0, 0.05) is 12.1 Å². The van der Waals surface area contributed by atoms with E-state index in [4.69, 9.17) is 9.47 Å². The summed E-state index contributed by atoms with van der Waals surface area (Å²) in [5.41, 5.74) is 1.24. The SMILES string of the molecule is COc1ccccc1CNS(=O)(=O)c1cc(CN2C(=O)[C@H]3CCCC[C@@H]3C2=O)ccc1OC. The van der Waals surface area contributed by atoms with Crippen molar-refractivity contribution in [2.24, 2.45) is 11.8 Å². The number of hydrogen-bond donors (Lipinski definition) is 1. The van der Waals surface area contributed by atoms with Gasteiger partial charge in [0.15, 0.2) is 0 Å². The second kappa shape index (κ2) is 9.52. The van der Waals surface area contributed by atoms with E-state index in [-0.39, 0.29) is 47.4 Å². The molecule has 0 bridgehead atoms. The van der Waals surface area contributed by atoms with E-state index in [1.54, 1.807) is 36.4 Å². The maximum atomic E-state index is 13.1. The van der Waals surface area contributed by atoms with Crippen LogP contribution in [0.4, 0.5) is 0 Å². The van der Waals surface area contributed by atoms with Crippen LogP contribution < -0.4 is 14.2 Å². The van der Waals surface area contributed by atoms with Gasteiger partial charge >= 0.3 is 0 Å². The standard InChI is InChI=1S/C24H28N2O6S/c1-31-20-10-6-3-7-17(20)14-25-33(29,30)22-13-16(11-12-21(22)32-2)15-26-23(27)18-8-4-5-9-19(18)24(26)28/h3,6-7,10-13,18-19,25H,4-5,8-9,14-15H2,1-2H3/t18-,19-/m0/s1. The second-order valence-corrected chi connectivity index (χ2v) is 10.1. The van der Waals surface area contributed by atoms with Crippen molar-refractivity contribution in [3.05, 3.63) is 53.6 Å². The first-order chi connectivity index (χ1) is 15.9. The van der Waals surface area contributed by atoms with Crippen molar-refractivity contribution >= 4 is 21.8 Å². The van der Waals surface area contributed by atoms with Gasteiger partial charge in [-0.1, -0.05) is 37.1 Å². The predicted molar refractivity (Wildman–Crippen MR) is 121 cm³/mol. The topological polar surface area (TPSA) is 102 Å². The lowest BCUT2D eigenvalue weighted by Gasteiger charge is -2.19. The summed E-state index contributed by atoms with van der Waals surface area (Å²) in [7, 11) is -1.03. The van der Waals surface area contributed by atoms with Crippen LogP contribution in [-0.2, 0) is 32.7 Å². The van der Waals surface area contributed by atoms with E-state index >= 15 is 0 Å². The highest BCUT2D eigenvalue weighted by atomic mass is 32.2. The molecule has 2 aliphatic rings. The van der Waals surface area contributed by atoms with Crippen LogP contribution >= 0.6 is 0 Å². The van der Waals surface area contributed by atoms with E-state index in [1.165, 1.54) is 25.2 Å². The minimum Gasteiger partial charge on any atom is -0.496 e. The summed E-state index contributed by atoms with van der Waals surface area (Å²) >= 11 is 0.